The van der Waals surface area contributed by atoms with Gasteiger partial charge in [-0.15, -0.1) is 22.7 Å². The first kappa shape index (κ1) is 17.4. The van der Waals surface area contributed by atoms with Crippen molar-refractivity contribution in [3.05, 3.63) is 38.5 Å². The van der Waals surface area contributed by atoms with E-state index >= 15 is 0 Å². The fraction of sp³-hybridized carbons (Fsp3) is 0.389. The maximum absolute atomic E-state index is 12.6. The Morgan fingerprint density at radius 2 is 2.15 bits per heavy atom. The van der Waals surface area contributed by atoms with Crippen molar-refractivity contribution >= 4 is 45.3 Å². The number of carbonyl (C=O) groups is 1. The molecule has 1 aliphatic rings. The molecule has 1 aliphatic heterocycles. The summed E-state index contributed by atoms with van der Waals surface area (Å²) in [5.74, 6) is 0.866. The van der Waals surface area contributed by atoms with E-state index in [1.54, 1.807) is 22.7 Å². The Morgan fingerprint density at radius 1 is 1.31 bits per heavy atom. The molecule has 4 rings (SSSR count). The maximum atomic E-state index is 12.6. The van der Waals surface area contributed by atoms with Crippen molar-refractivity contribution in [1.82, 2.24) is 15.3 Å². The van der Waals surface area contributed by atoms with Crippen LogP contribution in [0.2, 0.25) is 0 Å². The first-order valence-electron chi connectivity index (χ1n) is 8.61. The molecule has 0 radical (unpaired) electrons. The third-order valence-electron chi connectivity index (χ3n) is 4.37. The van der Waals surface area contributed by atoms with Gasteiger partial charge in [-0.1, -0.05) is 6.07 Å². The number of carbonyl (C=O) groups excluding carboxylic acids is 1. The highest BCUT2D eigenvalue weighted by atomic mass is 32.1. The summed E-state index contributed by atoms with van der Waals surface area (Å²) >= 11 is 3.34. The summed E-state index contributed by atoms with van der Waals surface area (Å²) in [7, 11) is 0. The number of hydrogen-bond donors (Lipinski definition) is 1. The fourth-order valence-electron chi connectivity index (χ4n) is 3.03. The first-order chi connectivity index (χ1) is 12.7. The topological polar surface area (TPSA) is 67.4 Å². The minimum Gasteiger partial charge on any atom is -0.378 e. The van der Waals surface area contributed by atoms with E-state index in [1.807, 2.05) is 16.8 Å². The Labute approximate surface area is 159 Å². The van der Waals surface area contributed by atoms with Gasteiger partial charge in [0.2, 0.25) is 5.82 Å². The summed E-state index contributed by atoms with van der Waals surface area (Å²) in [5, 5.41) is 8.03. The number of nitrogens with zero attached hydrogens (tertiary/aromatic N) is 3. The van der Waals surface area contributed by atoms with E-state index in [2.05, 4.69) is 33.2 Å². The molecule has 0 aliphatic carbocycles. The zero-order valence-corrected chi connectivity index (χ0v) is 16.2. The first-order valence-corrected chi connectivity index (χ1v) is 10.4. The number of morpholine rings is 1. The van der Waals surface area contributed by atoms with Crippen molar-refractivity contribution in [3.8, 4) is 0 Å². The van der Waals surface area contributed by atoms with Crippen molar-refractivity contribution in [2.45, 2.75) is 13.3 Å². The van der Waals surface area contributed by atoms with Gasteiger partial charge in [-0.3, -0.25) is 4.79 Å². The molecule has 1 fully saturated rings. The second kappa shape index (κ2) is 7.69. The minimum absolute atomic E-state index is 0.221. The van der Waals surface area contributed by atoms with E-state index < -0.39 is 0 Å². The van der Waals surface area contributed by atoms with Crippen molar-refractivity contribution in [1.29, 1.82) is 0 Å². The number of aryl methyl sites for hydroxylation is 1. The van der Waals surface area contributed by atoms with Gasteiger partial charge in [-0.05, 0) is 24.8 Å². The van der Waals surface area contributed by atoms with Crippen LogP contribution in [0.5, 0.6) is 0 Å². The molecule has 136 valence electrons. The highest BCUT2D eigenvalue weighted by Crippen LogP contribution is 2.31. The van der Waals surface area contributed by atoms with Gasteiger partial charge in [0.15, 0.2) is 0 Å². The maximum Gasteiger partial charge on any atom is 0.289 e. The highest BCUT2D eigenvalue weighted by Gasteiger charge is 2.21. The van der Waals surface area contributed by atoms with Gasteiger partial charge in [0.05, 0.1) is 24.1 Å². The van der Waals surface area contributed by atoms with Crippen LogP contribution in [0.15, 0.2) is 22.9 Å². The number of nitrogens with one attached hydrogen (secondary N) is 1. The zero-order valence-electron chi connectivity index (χ0n) is 14.5. The predicted molar refractivity (Wildman–Crippen MR) is 106 cm³/mol. The molecular formula is C18H20N4O2S2. The quantitative estimate of drug-likeness (QED) is 0.728. The number of aromatic nitrogens is 2. The largest absolute Gasteiger partial charge is 0.378 e. The number of ether oxygens (including phenoxy) is 1. The molecule has 1 N–H and O–H groups in total. The number of hydrogen-bond acceptors (Lipinski definition) is 7. The van der Waals surface area contributed by atoms with Crippen LogP contribution in [-0.4, -0.2) is 48.7 Å². The smallest absolute Gasteiger partial charge is 0.289 e. The Bertz CT molecular complexity index is 901. The molecule has 1 amide bonds. The molecule has 26 heavy (non-hydrogen) atoms. The number of fused-ring (bicyclic) bond motifs is 1. The van der Waals surface area contributed by atoms with Crippen LogP contribution < -0.4 is 10.2 Å². The molecule has 1 saturated heterocycles. The van der Waals surface area contributed by atoms with Crippen molar-refractivity contribution in [2.24, 2.45) is 0 Å². The number of thiophene rings is 2. The molecule has 3 aromatic heterocycles. The number of amides is 1. The van der Waals surface area contributed by atoms with Gasteiger partial charge in [0.1, 0.15) is 5.82 Å². The van der Waals surface area contributed by atoms with Crippen LogP contribution in [0, 0.1) is 6.92 Å². The fourth-order valence-corrected chi connectivity index (χ4v) is 4.51. The normalized spacial score (nSPS) is 14.7. The average Bonchev–Trinajstić information content (AvgIpc) is 3.32. The zero-order chi connectivity index (χ0) is 17.9. The van der Waals surface area contributed by atoms with E-state index in [0.717, 1.165) is 36.2 Å². The van der Waals surface area contributed by atoms with Crippen LogP contribution in [0.1, 0.15) is 20.4 Å². The predicted octanol–water partition coefficient (Wildman–Crippen LogP) is 2.87. The molecule has 3 aromatic rings. The number of anilines is 1. The SMILES string of the molecule is Cc1scc2nc(C(=O)NCCc3cccs3)nc(N3CCOCC3)c12. The summed E-state index contributed by atoms with van der Waals surface area (Å²) in [5.41, 5.74) is 0.840. The Morgan fingerprint density at radius 3 is 2.92 bits per heavy atom. The highest BCUT2D eigenvalue weighted by molar-refractivity contribution is 7.11. The Kier molecular flexibility index (Phi) is 5.14. The molecule has 4 heterocycles. The summed E-state index contributed by atoms with van der Waals surface area (Å²) in [4.78, 5) is 26.3. The summed E-state index contributed by atoms with van der Waals surface area (Å²) < 4.78 is 5.45. The van der Waals surface area contributed by atoms with Crippen LogP contribution in [0.25, 0.3) is 10.9 Å². The second-order valence-corrected chi connectivity index (χ2v) is 8.22. The van der Waals surface area contributed by atoms with Gasteiger partial charge < -0.3 is 15.0 Å². The lowest BCUT2D eigenvalue weighted by atomic mass is 10.2. The lowest BCUT2D eigenvalue weighted by Crippen LogP contribution is -2.37. The molecule has 6 nitrogen and oxygen atoms in total. The monoisotopic (exact) mass is 388 g/mol. The lowest BCUT2D eigenvalue weighted by Gasteiger charge is -2.28. The van der Waals surface area contributed by atoms with Gasteiger partial charge in [-0.2, -0.15) is 0 Å². The molecule has 0 saturated carbocycles. The standard InChI is InChI=1S/C18H20N4O2S2/c1-12-15-14(11-26-12)20-16(21-17(15)22-6-8-24-9-7-22)18(23)19-5-4-13-3-2-10-25-13/h2-3,10-11H,4-9H2,1H3,(H,19,23). The molecule has 0 spiro atoms. The van der Waals surface area contributed by atoms with E-state index in [1.165, 1.54) is 9.75 Å². The summed E-state index contributed by atoms with van der Waals surface area (Å²) in [6.45, 7) is 5.56. The van der Waals surface area contributed by atoms with Crippen LogP contribution >= 0.6 is 22.7 Å². The molecule has 0 aromatic carbocycles. The third-order valence-corrected chi connectivity index (χ3v) is 6.20. The van der Waals surface area contributed by atoms with Gasteiger partial charge in [0.25, 0.3) is 5.91 Å². The average molecular weight is 389 g/mol. The van der Waals surface area contributed by atoms with Crippen molar-refractivity contribution in [3.63, 3.8) is 0 Å². The third kappa shape index (κ3) is 3.58. The summed E-state index contributed by atoms with van der Waals surface area (Å²) in [6.07, 6.45) is 0.819. The van der Waals surface area contributed by atoms with E-state index in [-0.39, 0.29) is 11.7 Å². The van der Waals surface area contributed by atoms with Crippen LogP contribution in [0.4, 0.5) is 5.82 Å². The van der Waals surface area contributed by atoms with Gasteiger partial charge in [0, 0.05) is 34.8 Å². The van der Waals surface area contributed by atoms with E-state index in [0.29, 0.717) is 19.8 Å². The molecule has 0 bridgehead atoms. The van der Waals surface area contributed by atoms with Crippen LogP contribution in [0.3, 0.4) is 0 Å². The van der Waals surface area contributed by atoms with Gasteiger partial charge >= 0.3 is 0 Å². The number of rotatable bonds is 5. The lowest BCUT2D eigenvalue weighted by molar-refractivity contribution is 0.0944. The second-order valence-electron chi connectivity index (χ2n) is 6.11. The van der Waals surface area contributed by atoms with Crippen molar-refractivity contribution < 1.29 is 9.53 Å². The molecule has 0 unspecified atom stereocenters. The summed E-state index contributed by atoms with van der Waals surface area (Å²) in [6, 6.07) is 4.09. The minimum atomic E-state index is -0.221. The van der Waals surface area contributed by atoms with Crippen LogP contribution in [-0.2, 0) is 11.2 Å². The van der Waals surface area contributed by atoms with E-state index in [4.69, 9.17) is 4.74 Å². The van der Waals surface area contributed by atoms with Crippen molar-refractivity contribution in [2.75, 3.05) is 37.7 Å². The molecular weight excluding hydrogens is 368 g/mol. The Hall–Kier alpha value is -2.03. The van der Waals surface area contributed by atoms with Gasteiger partial charge in [-0.25, -0.2) is 9.97 Å². The van der Waals surface area contributed by atoms with E-state index in [9.17, 15) is 4.79 Å². The molecule has 8 heteroatoms. The Balaban J connectivity index is 1.57. The molecule has 0 atom stereocenters.